The molecule has 0 aliphatic heterocycles. The van der Waals surface area contributed by atoms with Gasteiger partial charge in [0.05, 0.1) is 0 Å². The van der Waals surface area contributed by atoms with E-state index in [0.717, 1.165) is 13.0 Å². The Bertz CT molecular complexity index is 379. The minimum absolute atomic E-state index is 0.0425. The van der Waals surface area contributed by atoms with Crippen LogP contribution in [0.4, 0.5) is 0 Å². The Kier molecular flexibility index (Phi) is 7.84. The van der Waals surface area contributed by atoms with Crippen LogP contribution in [0.3, 0.4) is 0 Å². The van der Waals surface area contributed by atoms with Crippen molar-refractivity contribution in [1.29, 1.82) is 0 Å². The smallest absolute Gasteiger partial charge is 0.252 e. The third-order valence-corrected chi connectivity index (χ3v) is 3.26. The van der Waals surface area contributed by atoms with E-state index in [1.54, 1.807) is 6.07 Å². The largest absolute Gasteiger partial charge is 0.356 e. The molecular formula is C13H21N3O2S. The lowest BCUT2D eigenvalue weighted by Gasteiger charge is -2.06. The van der Waals surface area contributed by atoms with Crippen LogP contribution in [0.15, 0.2) is 16.8 Å². The van der Waals surface area contributed by atoms with Gasteiger partial charge in [-0.3, -0.25) is 9.59 Å². The minimum atomic E-state index is -0.0734. The molecule has 0 bridgehead atoms. The first-order valence-corrected chi connectivity index (χ1v) is 7.40. The van der Waals surface area contributed by atoms with Crippen LogP contribution in [-0.4, -0.2) is 38.5 Å². The summed E-state index contributed by atoms with van der Waals surface area (Å²) in [7, 11) is 1.89. The summed E-state index contributed by atoms with van der Waals surface area (Å²) < 4.78 is 0. The maximum absolute atomic E-state index is 11.6. The van der Waals surface area contributed by atoms with Crippen molar-refractivity contribution in [2.45, 2.75) is 19.3 Å². The van der Waals surface area contributed by atoms with E-state index in [2.05, 4.69) is 16.0 Å². The predicted molar refractivity (Wildman–Crippen MR) is 77.4 cm³/mol. The van der Waals surface area contributed by atoms with Gasteiger partial charge in [0, 0.05) is 30.5 Å². The van der Waals surface area contributed by atoms with E-state index in [9.17, 15) is 9.59 Å². The first-order chi connectivity index (χ1) is 9.24. The fourth-order valence-electron chi connectivity index (χ4n) is 1.53. The minimum Gasteiger partial charge on any atom is -0.356 e. The van der Waals surface area contributed by atoms with Crippen LogP contribution in [-0.2, 0) is 4.79 Å². The average molecular weight is 283 g/mol. The van der Waals surface area contributed by atoms with Crippen molar-refractivity contribution in [3.05, 3.63) is 22.4 Å². The van der Waals surface area contributed by atoms with Gasteiger partial charge in [0.2, 0.25) is 5.91 Å². The van der Waals surface area contributed by atoms with E-state index in [1.165, 1.54) is 11.3 Å². The number of hydrogen-bond acceptors (Lipinski definition) is 4. The number of carbonyl (C=O) groups is 2. The molecule has 1 aromatic heterocycles. The molecular weight excluding hydrogens is 262 g/mol. The Labute approximate surface area is 117 Å². The molecule has 0 saturated carbocycles. The molecule has 3 N–H and O–H groups in total. The summed E-state index contributed by atoms with van der Waals surface area (Å²) in [5.41, 5.74) is 0.682. The number of rotatable bonds is 9. The molecule has 6 heteroatoms. The maximum atomic E-state index is 11.6. The number of nitrogens with one attached hydrogen (secondary N) is 3. The second-order valence-electron chi connectivity index (χ2n) is 4.18. The van der Waals surface area contributed by atoms with Crippen molar-refractivity contribution < 1.29 is 9.59 Å². The SMILES string of the molecule is CNCCCNC(=O)CCCNC(=O)c1ccsc1. The summed E-state index contributed by atoms with van der Waals surface area (Å²) >= 11 is 1.49. The van der Waals surface area contributed by atoms with Gasteiger partial charge >= 0.3 is 0 Å². The standard InChI is InChI=1S/C13H21N3O2S/c1-14-6-3-8-15-12(17)4-2-7-16-13(18)11-5-9-19-10-11/h5,9-10,14H,2-4,6-8H2,1H3,(H,15,17)(H,16,18). The van der Waals surface area contributed by atoms with E-state index in [0.29, 0.717) is 31.5 Å². The Morgan fingerprint density at radius 2 is 1.95 bits per heavy atom. The van der Waals surface area contributed by atoms with Gasteiger partial charge in [0.15, 0.2) is 0 Å². The van der Waals surface area contributed by atoms with Crippen LogP contribution < -0.4 is 16.0 Å². The first kappa shape index (κ1) is 15.7. The monoisotopic (exact) mass is 283 g/mol. The molecule has 0 fully saturated rings. The van der Waals surface area contributed by atoms with Crippen LogP contribution in [0.25, 0.3) is 0 Å². The fraction of sp³-hybridized carbons (Fsp3) is 0.538. The maximum Gasteiger partial charge on any atom is 0.252 e. The lowest BCUT2D eigenvalue weighted by molar-refractivity contribution is -0.121. The van der Waals surface area contributed by atoms with E-state index in [1.807, 2.05) is 17.8 Å². The van der Waals surface area contributed by atoms with Crippen LogP contribution in [0.1, 0.15) is 29.6 Å². The van der Waals surface area contributed by atoms with Gasteiger partial charge in [-0.15, -0.1) is 0 Å². The highest BCUT2D eigenvalue weighted by Crippen LogP contribution is 2.05. The summed E-state index contributed by atoms with van der Waals surface area (Å²) in [5.74, 6) is -0.0310. The van der Waals surface area contributed by atoms with Crippen LogP contribution in [0.5, 0.6) is 0 Å². The number of amides is 2. The zero-order valence-corrected chi connectivity index (χ0v) is 12.0. The average Bonchev–Trinajstić information content (AvgIpc) is 2.93. The van der Waals surface area contributed by atoms with E-state index < -0.39 is 0 Å². The molecule has 5 nitrogen and oxygen atoms in total. The number of carbonyl (C=O) groups excluding carboxylic acids is 2. The quantitative estimate of drug-likeness (QED) is 0.592. The van der Waals surface area contributed by atoms with Gasteiger partial charge in [-0.1, -0.05) is 0 Å². The summed E-state index contributed by atoms with van der Waals surface area (Å²) in [4.78, 5) is 23.0. The third-order valence-electron chi connectivity index (χ3n) is 2.58. The highest BCUT2D eigenvalue weighted by molar-refractivity contribution is 7.08. The normalized spacial score (nSPS) is 10.2. The van der Waals surface area contributed by atoms with E-state index >= 15 is 0 Å². The third kappa shape index (κ3) is 6.93. The molecule has 2 amide bonds. The molecule has 0 spiro atoms. The Morgan fingerprint density at radius 1 is 1.16 bits per heavy atom. The van der Waals surface area contributed by atoms with Crippen LogP contribution in [0, 0.1) is 0 Å². The van der Waals surface area contributed by atoms with Gasteiger partial charge in [-0.05, 0) is 37.9 Å². The van der Waals surface area contributed by atoms with Gasteiger partial charge in [-0.25, -0.2) is 0 Å². The molecule has 19 heavy (non-hydrogen) atoms. The van der Waals surface area contributed by atoms with Crippen molar-refractivity contribution in [2.24, 2.45) is 0 Å². The van der Waals surface area contributed by atoms with Crippen molar-refractivity contribution in [2.75, 3.05) is 26.7 Å². The van der Waals surface area contributed by atoms with Crippen molar-refractivity contribution in [3.63, 3.8) is 0 Å². The first-order valence-electron chi connectivity index (χ1n) is 6.45. The predicted octanol–water partition coefficient (Wildman–Crippen LogP) is 0.984. The van der Waals surface area contributed by atoms with Gasteiger partial charge < -0.3 is 16.0 Å². The molecule has 1 heterocycles. The summed E-state index contributed by atoms with van der Waals surface area (Å²) in [6, 6.07) is 1.79. The summed E-state index contributed by atoms with van der Waals surface area (Å²) in [6.07, 6.45) is 2.04. The number of hydrogen-bond donors (Lipinski definition) is 3. The molecule has 0 atom stereocenters. The lowest BCUT2D eigenvalue weighted by atomic mass is 10.2. The van der Waals surface area contributed by atoms with E-state index in [-0.39, 0.29) is 11.8 Å². The summed E-state index contributed by atoms with van der Waals surface area (Å²) in [5, 5.41) is 12.3. The van der Waals surface area contributed by atoms with Crippen molar-refractivity contribution >= 4 is 23.2 Å². The van der Waals surface area contributed by atoms with Crippen molar-refractivity contribution in [1.82, 2.24) is 16.0 Å². The molecule has 0 radical (unpaired) electrons. The highest BCUT2D eigenvalue weighted by atomic mass is 32.1. The van der Waals surface area contributed by atoms with Crippen molar-refractivity contribution in [3.8, 4) is 0 Å². The zero-order chi connectivity index (χ0) is 13.9. The molecule has 1 aromatic rings. The molecule has 0 aromatic carbocycles. The van der Waals surface area contributed by atoms with Crippen LogP contribution in [0.2, 0.25) is 0 Å². The molecule has 0 aliphatic rings. The second-order valence-corrected chi connectivity index (χ2v) is 4.96. The topological polar surface area (TPSA) is 70.2 Å². The fourth-order valence-corrected chi connectivity index (χ4v) is 2.16. The van der Waals surface area contributed by atoms with Gasteiger partial charge in [0.25, 0.3) is 5.91 Å². The Morgan fingerprint density at radius 3 is 2.63 bits per heavy atom. The van der Waals surface area contributed by atoms with Gasteiger partial charge in [0.1, 0.15) is 0 Å². The Hall–Kier alpha value is -1.40. The molecule has 1 rings (SSSR count). The summed E-state index contributed by atoms with van der Waals surface area (Å²) in [6.45, 7) is 2.12. The number of thiophene rings is 1. The van der Waals surface area contributed by atoms with Gasteiger partial charge in [-0.2, -0.15) is 11.3 Å². The van der Waals surface area contributed by atoms with E-state index in [4.69, 9.17) is 0 Å². The van der Waals surface area contributed by atoms with Crippen LogP contribution >= 0.6 is 11.3 Å². The Balaban J connectivity index is 2.01. The molecule has 106 valence electrons. The zero-order valence-electron chi connectivity index (χ0n) is 11.2. The lowest BCUT2D eigenvalue weighted by Crippen LogP contribution is -2.28. The second kappa shape index (κ2) is 9.52. The highest BCUT2D eigenvalue weighted by Gasteiger charge is 2.05. The molecule has 0 unspecified atom stereocenters. The molecule has 0 saturated heterocycles. The molecule has 0 aliphatic carbocycles.